The van der Waals surface area contributed by atoms with Crippen LogP contribution in [0.2, 0.25) is 0 Å². The molecule has 2 fully saturated rings. The summed E-state index contributed by atoms with van der Waals surface area (Å²) in [5.74, 6) is 2.47. The summed E-state index contributed by atoms with van der Waals surface area (Å²) < 4.78 is 15.2. The first-order chi connectivity index (χ1) is 13.7. The normalized spacial score (nSPS) is 21.7. The van der Waals surface area contributed by atoms with Crippen LogP contribution < -0.4 is 0 Å². The Kier molecular flexibility index (Phi) is 6.17. The number of likely N-dealkylation sites (tertiary alicyclic amines) is 2. The predicted octanol–water partition coefficient (Wildman–Crippen LogP) is 3.44. The van der Waals surface area contributed by atoms with Crippen LogP contribution in [0.5, 0.6) is 0 Å². The quantitative estimate of drug-likeness (QED) is 0.766. The van der Waals surface area contributed by atoms with Crippen LogP contribution in [-0.2, 0) is 13.6 Å². The highest BCUT2D eigenvalue weighted by Crippen LogP contribution is 2.26. The first kappa shape index (κ1) is 19.3. The summed E-state index contributed by atoms with van der Waals surface area (Å²) >= 11 is 0. The Labute approximate surface area is 166 Å². The fourth-order valence-corrected chi connectivity index (χ4v) is 4.35. The lowest BCUT2D eigenvalue weighted by Crippen LogP contribution is -2.35. The Morgan fingerprint density at radius 2 is 1.79 bits per heavy atom. The molecule has 4 rings (SSSR count). The molecule has 5 nitrogen and oxygen atoms in total. The number of hydrogen-bond acceptors (Lipinski definition) is 4. The molecule has 2 aromatic rings. The van der Waals surface area contributed by atoms with E-state index in [0.29, 0.717) is 5.92 Å². The van der Waals surface area contributed by atoms with E-state index >= 15 is 0 Å². The van der Waals surface area contributed by atoms with Crippen molar-refractivity contribution in [2.24, 2.45) is 7.05 Å². The van der Waals surface area contributed by atoms with E-state index in [-0.39, 0.29) is 5.82 Å². The lowest BCUT2D eigenvalue weighted by atomic mass is 9.97. The largest absolute Gasteiger partial charge is 0.317 e. The van der Waals surface area contributed by atoms with Gasteiger partial charge in [0.2, 0.25) is 0 Å². The molecule has 0 amide bonds. The summed E-state index contributed by atoms with van der Waals surface area (Å²) in [5.41, 5.74) is 1.04. The highest BCUT2D eigenvalue weighted by Gasteiger charge is 2.26. The molecule has 28 heavy (non-hydrogen) atoms. The van der Waals surface area contributed by atoms with Gasteiger partial charge in [0.15, 0.2) is 0 Å². The second kappa shape index (κ2) is 8.97. The third-order valence-corrected chi connectivity index (χ3v) is 5.98. The van der Waals surface area contributed by atoms with E-state index in [1.807, 2.05) is 12.1 Å². The third kappa shape index (κ3) is 4.67. The zero-order chi connectivity index (χ0) is 19.3. The number of hydrogen-bond donors (Lipinski definition) is 0. The highest BCUT2D eigenvalue weighted by molar-refractivity contribution is 5.48. The summed E-state index contributed by atoms with van der Waals surface area (Å²) in [6.45, 7) is 6.32. The van der Waals surface area contributed by atoms with Crippen molar-refractivity contribution >= 4 is 6.08 Å². The molecule has 2 saturated heterocycles. The van der Waals surface area contributed by atoms with Crippen LogP contribution in [0.1, 0.15) is 48.8 Å². The Morgan fingerprint density at radius 1 is 1.04 bits per heavy atom. The van der Waals surface area contributed by atoms with Gasteiger partial charge in [-0.2, -0.15) is 0 Å². The third-order valence-electron chi connectivity index (χ3n) is 5.98. The van der Waals surface area contributed by atoms with E-state index in [9.17, 15) is 4.39 Å². The Morgan fingerprint density at radius 3 is 2.57 bits per heavy atom. The van der Waals surface area contributed by atoms with Crippen molar-refractivity contribution in [2.45, 2.75) is 38.1 Å². The van der Waals surface area contributed by atoms with Gasteiger partial charge < -0.3 is 4.57 Å². The van der Waals surface area contributed by atoms with Crippen molar-refractivity contribution < 1.29 is 4.39 Å². The molecule has 150 valence electrons. The molecule has 1 atom stereocenters. The van der Waals surface area contributed by atoms with Crippen LogP contribution in [0.25, 0.3) is 6.08 Å². The zero-order valence-corrected chi connectivity index (χ0v) is 16.7. The molecule has 2 aliphatic heterocycles. The van der Waals surface area contributed by atoms with Crippen molar-refractivity contribution in [3.05, 3.63) is 53.4 Å². The van der Waals surface area contributed by atoms with Crippen LogP contribution in [0, 0.1) is 5.82 Å². The van der Waals surface area contributed by atoms with E-state index in [1.165, 1.54) is 50.9 Å². The van der Waals surface area contributed by atoms with Gasteiger partial charge in [0, 0.05) is 26.1 Å². The Hall–Kier alpha value is -2.05. The molecule has 0 aliphatic carbocycles. The van der Waals surface area contributed by atoms with Crippen molar-refractivity contribution in [3.8, 4) is 0 Å². The van der Waals surface area contributed by atoms with Crippen molar-refractivity contribution in [2.75, 3.05) is 32.7 Å². The molecule has 1 aromatic carbocycles. The van der Waals surface area contributed by atoms with Gasteiger partial charge in [-0.05, 0) is 63.0 Å². The fourth-order valence-electron chi connectivity index (χ4n) is 4.35. The number of nitrogens with zero attached hydrogens (tertiary/aromatic N) is 5. The summed E-state index contributed by atoms with van der Waals surface area (Å²) in [5, 5.41) is 9.05. The second-order valence-electron chi connectivity index (χ2n) is 8.07. The van der Waals surface area contributed by atoms with Crippen molar-refractivity contribution in [1.82, 2.24) is 24.6 Å². The number of piperidine rings is 1. The van der Waals surface area contributed by atoms with Gasteiger partial charge in [-0.25, -0.2) is 4.39 Å². The SMILES string of the molecule is Cn1c(CN2CCCC2)nnc1[C@H]1CCCN(C/C=C/c2ccc(F)cc2)C1. The van der Waals surface area contributed by atoms with Crippen LogP contribution in [0.15, 0.2) is 30.3 Å². The average molecular weight is 384 g/mol. The minimum absolute atomic E-state index is 0.191. The van der Waals surface area contributed by atoms with Crippen LogP contribution >= 0.6 is 0 Å². The first-order valence-electron chi connectivity index (χ1n) is 10.4. The first-order valence-corrected chi connectivity index (χ1v) is 10.4. The van der Waals surface area contributed by atoms with Crippen LogP contribution in [0.3, 0.4) is 0 Å². The standard InChI is InChI=1S/C22H30FN5/c1-26-21(17-28-12-2-3-13-28)24-25-22(26)19-7-5-15-27(16-19)14-4-6-18-8-10-20(23)11-9-18/h4,6,8-11,19H,2-3,5,7,12-17H2,1H3/b6-4+/t19-/m0/s1. The smallest absolute Gasteiger partial charge is 0.146 e. The molecule has 0 unspecified atom stereocenters. The molecular formula is C22H30FN5. The van der Waals surface area contributed by atoms with E-state index in [4.69, 9.17) is 0 Å². The summed E-state index contributed by atoms with van der Waals surface area (Å²) in [4.78, 5) is 4.95. The lowest BCUT2D eigenvalue weighted by Gasteiger charge is -2.31. The maximum atomic E-state index is 13.0. The monoisotopic (exact) mass is 383 g/mol. The van der Waals surface area contributed by atoms with Gasteiger partial charge in [-0.15, -0.1) is 10.2 Å². The number of rotatable bonds is 6. The molecule has 1 aromatic heterocycles. The lowest BCUT2D eigenvalue weighted by molar-refractivity contribution is 0.221. The Balaban J connectivity index is 1.34. The van der Waals surface area contributed by atoms with E-state index in [2.05, 4.69) is 43.8 Å². The van der Waals surface area contributed by atoms with Gasteiger partial charge in [-0.1, -0.05) is 24.3 Å². The van der Waals surface area contributed by atoms with Gasteiger partial charge in [0.25, 0.3) is 0 Å². The molecule has 0 bridgehead atoms. The molecule has 3 heterocycles. The summed E-state index contributed by atoms with van der Waals surface area (Å²) in [7, 11) is 2.12. The average Bonchev–Trinajstić information content (AvgIpc) is 3.34. The van der Waals surface area contributed by atoms with Crippen molar-refractivity contribution in [3.63, 3.8) is 0 Å². The molecule has 0 saturated carbocycles. The number of aromatic nitrogens is 3. The van der Waals surface area contributed by atoms with E-state index in [1.54, 1.807) is 0 Å². The van der Waals surface area contributed by atoms with Gasteiger partial charge in [0.1, 0.15) is 17.5 Å². The summed E-state index contributed by atoms with van der Waals surface area (Å²) in [6.07, 6.45) is 9.20. The fraction of sp³-hybridized carbons (Fsp3) is 0.545. The molecule has 0 N–H and O–H groups in total. The molecular weight excluding hydrogens is 353 g/mol. The maximum Gasteiger partial charge on any atom is 0.146 e. The van der Waals surface area contributed by atoms with E-state index in [0.717, 1.165) is 43.4 Å². The molecule has 2 aliphatic rings. The minimum Gasteiger partial charge on any atom is -0.317 e. The molecule has 0 spiro atoms. The van der Waals surface area contributed by atoms with Gasteiger partial charge in [-0.3, -0.25) is 9.80 Å². The molecule has 6 heteroatoms. The zero-order valence-electron chi connectivity index (χ0n) is 16.7. The minimum atomic E-state index is -0.191. The Bertz CT molecular complexity index is 792. The number of halogens is 1. The maximum absolute atomic E-state index is 13.0. The van der Waals surface area contributed by atoms with Crippen molar-refractivity contribution in [1.29, 1.82) is 0 Å². The highest BCUT2D eigenvalue weighted by atomic mass is 19.1. The van der Waals surface area contributed by atoms with Crippen LogP contribution in [-0.4, -0.2) is 57.3 Å². The summed E-state index contributed by atoms with van der Waals surface area (Å²) in [6, 6.07) is 6.63. The van der Waals surface area contributed by atoms with Crippen LogP contribution in [0.4, 0.5) is 4.39 Å². The van der Waals surface area contributed by atoms with Gasteiger partial charge in [0.05, 0.1) is 6.54 Å². The topological polar surface area (TPSA) is 37.2 Å². The predicted molar refractivity (Wildman–Crippen MR) is 109 cm³/mol. The second-order valence-corrected chi connectivity index (χ2v) is 8.07. The van der Waals surface area contributed by atoms with E-state index < -0.39 is 0 Å². The number of benzene rings is 1. The van der Waals surface area contributed by atoms with Gasteiger partial charge >= 0.3 is 0 Å². The molecule has 0 radical (unpaired) electrons.